The minimum Gasteiger partial charge on any atom is -0.306 e. The van der Waals surface area contributed by atoms with Gasteiger partial charge in [0.25, 0.3) is 0 Å². The second kappa shape index (κ2) is 6.46. The van der Waals surface area contributed by atoms with Gasteiger partial charge in [0.1, 0.15) is 11.8 Å². The van der Waals surface area contributed by atoms with E-state index in [1.807, 2.05) is 24.3 Å². The van der Waals surface area contributed by atoms with Crippen molar-refractivity contribution in [3.8, 4) is 6.07 Å². The van der Waals surface area contributed by atoms with E-state index in [1.165, 1.54) is 5.56 Å². The van der Waals surface area contributed by atoms with Gasteiger partial charge in [0.2, 0.25) is 0 Å². The first-order valence-electron chi connectivity index (χ1n) is 6.03. The van der Waals surface area contributed by atoms with Gasteiger partial charge < -0.3 is 5.32 Å². The lowest BCUT2D eigenvalue weighted by atomic mass is 10.1. The summed E-state index contributed by atoms with van der Waals surface area (Å²) < 4.78 is 1.08. The Balaban J connectivity index is 2.00. The van der Waals surface area contributed by atoms with E-state index in [1.54, 1.807) is 12.3 Å². The van der Waals surface area contributed by atoms with Gasteiger partial charge in [-0.15, -0.1) is 0 Å². The van der Waals surface area contributed by atoms with Crippen molar-refractivity contribution in [3.63, 3.8) is 0 Å². The van der Waals surface area contributed by atoms with Crippen LogP contribution in [0.4, 0.5) is 0 Å². The van der Waals surface area contributed by atoms with E-state index in [9.17, 15) is 0 Å². The lowest BCUT2D eigenvalue weighted by Gasteiger charge is -2.14. The number of nitrogens with zero attached hydrogens (tertiary/aromatic N) is 2. The van der Waals surface area contributed by atoms with Gasteiger partial charge in [-0.05, 0) is 42.3 Å². The van der Waals surface area contributed by atoms with Gasteiger partial charge in [0.15, 0.2) is 0 Å². The van der Waals surface area contributed by atoms with Crippen LogP contribution < -0.4 is 5.32 Å². The van der Waals surface area contributed by atoms with E-state index in [0.29, 0.717) is 12.2 Å². The Kier molecular flexibility index (Phi) is 4.67. The molecule has 0 spiro atoms. The molecule has 3 nitrogen and oxygen atoms in total. The Morgan fingerprint density at radius 3 is 2.95 bits per heavy atom. The summed E-state index contributed by atoms with van der Waals surface area (Å²) in [6.07, 6.45) is 1.67. The number of halogens is 1. The van der Waals surface area contributed by atoms with E-state index in [4.69, 9.17) is 5.26 Å². The van der Waals surface area contributed by atoms with Gasteiger partial charge in [0, 0.05) is 23.3 Å². The third-order valence-corrected chi connectivity index (χ3v) is 3.39. The molecule has 0 unspecified atom stereocenters. The summed E-state index contributed by atoms with van der Waals surface area (Å²) in [5.74, 6) is 0. The molecule has 1 aromatic carbocycles. The van der Waals surface area contributed by atoms with E-state index < -0.39 is 0 Å². The zero-order chi connectivity index (χ0) is 13.7. The predicted octanol–water partition coefficient (Wildman–Crippen LogP) is 3.57. The Morgan fingerprint density at radius 1 is 1.37 bits per heavy atom. The molecule has 0 fully saturated rings. The molecule has 0 amide bonds. The molecule has 1 aromatic heterocycles. The quantitative estimate of drug-likeness (QED) is 0.938. The largest absolute Gasteiger partial charge is 0.306 e. The lowest BCUT2D eigenvalue weighted by Crippen LogP contribution is -2.18. The molecule has 19 heavy (non-hydrogen) atoms. The van der Waals surface area contributed by atoms with Crippen molar-refractivity contribution in [3.05, 3.63) is 63.9 Å². The molecule has 0 aliphatic heterocycles. The number of nitrogens with one attached hydrogen (secondary N) is 1. The first-order chi connectivity index (χ1) is 9.19. The van der Waals surface area contributed by atoms with Crippen LogP contribution >= 0.6 is 15.9 Å². The third kappa shape index (κ3) is 3.88. The van der Waals surface area contributed by atoms with Crippen LogP contribution in [0.1, 0.15) is 29.8 Å². The van der Waals surface area contributed by atoms with Crippen molar-refractivity contribution < 1.29 is 0 Å². The summed E-state index contributed by atoms with van der Waals surface area (Å²) in [6.45, 7) is 2.83. The monoisotopic (exact) mass is 315 g/mol. The van der Waals surface area contributed by atoms with E-state index in [0.717, 1.165) is 10.0 Å². The summed E-state index contributed by atoms with van der Waals surface area (Å²) in [7, 11) is 0. The van der Waals surface area contributed by atoms with Crippen LogP contribution in [0.2, 0.25) is 0 Å². The molecule has 2 rings (SSSR count). The Morgan fingerprint density at radius 2 is 2.21 bits per heavy atom. The molecule has 1 atom stereocenters. The summed E-state index contributed by atoms with van der Waals surface area (Å²) in [5, 5.41) is 12.2. The van der Waals surface area contributed by atoms with Gasteiger partial charge in [-0.2, -0.15) is 5.26 Å². The van der Waals surface area contributed by atoms with Gasteiger partial charge in [-0.3, -0.25) is 0 Å². The van der Waals surface area contributed by atoms with Crippen molar-refractivity contribution in [1.29, 1.82) is 5.26 Å². The van der Waals surface area contributed by atoms with Crippen LogP contribution in [0.15, 0.2) is 47.1 Å². The highest BCUT2D eigenvalue weighted by molar-refractivity contribution is 9.10. The van der Waals surface area contributed by atoms with E-state index in [2.05, 4.69) is 45.3 Å². The second-order valence-corrected chi connectivity index (χ2v) is 5.23. The van der Waals surface area contributed by atoms with Gasteiger partial charge in [-0.1, -0.05) is 28.1 Å². The third-order valence-electron chi connectivity index (χ3n) is 2.90. The molecule has 0 radical (unpaired) electrons. The fraction of sp³-hybridized carbons (Fsp3) is 0.200. The van der Waals surface area contributed by atoms with Crippen LogP contribution in [0.25, 0.3) is 0 Å². The van der Waals surface area contributed by atoms with Gasteiger partial charge >= 0.3 is 0 Å². The molecule has 0 bridgehead atoms. The highest BCUT2D eigenvalue weighted by Crippen LogP contribution is 2.18. The summed E-state index contributed by atoms with van der Waals surface area (Å²) in [5.41, 5.74) is 2.74. The SMILES string of the molecule is C[C@@H](NCc1ccnc(C#N)c1)c1cccc(Br)c1. The molecule has 96 valence electrons. The van der Waals surface area contributed by atoms with E-state index in [-0.39, 0.29) is 6.04 Å². The first kappa shape index (κ1) is 13.7. The van der Waals surface area contributed by atoms with Crippen molar-refractivity contribution in [2.75, 3.05) is 0 Å². The minimum atomic E-state index is 0.246. The van der Waals surface area contributed by atoms with Gasteiger partial charge in [-0.25, -0.2) is 4.98 Å². The zero-order valence-electron chi connectivity index (χ0n) is 10.6. The van der Waals surface area contributed by atoms with Crippen LogP contribution in [0.3, 0.4) is 0 Å². The minimum absolute atomic E-state index is 0.246. The van der Waals surface area contributed by atoms with Crippen molar-refractivity contribution in [1.82, 2.24) is 10.3 Å². The maximum atomic E-state index is 8.81. The number of nitriles is 1. The molecule has 0 saturated carbocycles. The molecular formula is C15H14BrN3. The highest BCUT2D eigenvalue weighted by atomic mass is 79.9. The van der Waals surface area contributed by atoms with Crippen molar-refractivity contribution >= 4 is 15.9 Å². The van der Waals surface area contributed by atoms with E-state index >= 15 is 0 Å². The summed E-state index contributed by atoms with van der Waals surface area (Å²) in [6, 6.07) is 14.3. The van der Waals surface area contributed by atoms with Crippen LogP contribution in [-0.2, 0) is 6.54 Å². The lowest BCUT2D eigenvalue weighted by molar-refractivity contribution is 0.574. The number of rotatable bonds is 4. The summed E-state index contributed by atoms with van der Waals surface area (Å²) in [4.78, 5) is 3.96. The predicted molar refractivity (Wildman–Crippen MR) is 78.3 cm³/mol. The fourth-order valence-corrected chi connectivity index (χ4v) is 2.23. The average Bonchev–Trinajstić information content (AvgIpc) is 2.45. The number of hydrogen-bond acceptors (Lipinski definition) is 3. The van der Waals surface area contributed by atoms with Gasteiger partial charge in [0.05, 0.1) is 0 Å². The Labute approximate surface area is 121 Å². The van der Waals surface area contributed by atoms with Crippen LogP contribution in [0.5, 0.6) is 0 Å². The second-order valence-electron chi connectivity index (χ2n) is 4.32. The molecule has 0 saturated heterocycles. The fourth-order valence-electron chi connectivity index (χ4n) is 1.81. The molecule has 1 N–H and O–H groups in total. The topological polar surface area (TPSA) is 48.7 Å². The zero-order valence-corrected chi connectivity index (χ0v) is 12.2. The molecular weight excluding hydrogens is 302 g/mol. The molecule has 1 heterocycles. The maximum absolute atomic E-state index is 8.81. The Bertz CT molecular complexity index is 604. The van der Waals surface area contributed by atoms with Crippen LogP contribution in [-0.4, -0.2) is 4.98 Å². The number of pyridine rings is 1. The molecule has 0 aliphatic rings. The normalized spacial score (nSPS) is 11.8. The standard InChI is InChI=1S/C15H14BrN3/c1-11(13-3-2-4-14(16)8-13)19-10-12-5-6-18-15(7-12)9-17/h2-8,11,19H,10H2,1H3/t11-/m1/s1. The number of aromatic nitrogens is 1. The average molecular weight is 316 g/mol. The highest BCUT2D eigenvalue weighted by Gasteiger charge is 2.05. The summed E-state index contributed by atoms with van der Waals surface area (Å²) >= 11 is 3.47. The number of benzene rings is 1. The van der Waals surface area contributed by atoms with Crippen molar-refractivity contribution in [2.24, 2.45) is 0 Å². The maximum Gasteiger partial charge on any atom is 0.140 e. The smallest absolute Gasteiger partial charge is 0.140 e. The number of hydrogen-bond donors (Lipinski definition) is 1. The Hall–Kier alpha value is -1.70. The molecule has 0 aliphatic carbocycles. The molecule has 2 aromatic rings. The first-order valence-corrected chi connectivity index (χ1v) is 6.82. The van der Waals surface area contributed by atoms with Crippen LogP contribution in [0, 0.1) is 11.3 Å². The van der Waals surface area contributed by atoms with Crippen molar-refractivity contribution in [2.45, 2.75) is 19.5 Å². The molecule has 4 heteroatoms.